The molecule has 1 aromatic heterocycles. The van der Waals surface area contributed by atoms with E-state index in [1.165, 1.54) is 24.4 Å². The minimum atomic E-state index is -3.60. The first-order valence-corrected chi connectivity index (χ1v) is 15.6. The number of rotatable bonds is 11. The Labute approximate surface area is 240 Å². The molecule has 4 aromatic rings. The molecule has 0 saturated heterocycles. The number of anilines is 1. The second kappa shape index (κ2) is 12.5. The first-order valence-electron chi connectivity index (χ1n) is 12.3. The Bertz CT molecular complexity index is 1810. The molecule has 0 saturated carbocycles. The lowest BCUT2D eigenvalue weighted by atomic mass is 10.0. The van der Waals surface area contributed by atoms with E-state index in [0.29, 0.717) is 38.6 Å². The summed E-state index contributed by atoms with van der Waals surface area (Å²) >= 11 is 5.92. The van der Waals surface area contributed by atoms with Gasteiger partial charge < -0.3 is 0 Å². The molecule has 0 amide bonds. The summed E-state index contributed by atoms with van der Waals surface area (Å²) < 4.78 is 93.2. The quantitative estimate of drug-likeness (QED) is 0.139. The third-order valence-electron chi connectivity index (χ3n) is 6.12. The average molecular weight is 626 g/mol. The van der Waals surface area contributed by atoms with Gasteiger partial charge in [0.25, 0.3) is 0 Å². The molecule has 0 spiro atoms. The van der Waals surface area contributed by atoms with Gasteiger partial charge in [0, 0.05) is 34.5 Å². The van der Waals surface area contributed by atoms with Crippen LogP contribution in [0.1, 0.15) is 35.7 Å². The number of carbonyl (C=O) groups is 1. The topological polar surface area (TPSA) is 114 Å². The normalized spacial score (nSPS) is 11.8. The van der Waals surface area contributed by atoms with Crippen LogP contribution in [0.2, 0.25) is 5.02 Å². The van der Waals surface area contributed by atoms with Crippen LogP contribution >= 0.6 is 11.6 Å². The largest absolute Gasteiger partial charge is 0.288 e. The Kier molecular flexibility index (Phi) is 9.30. The fourth-order valence-corrected chi connectivity index (χ4v) is 6.32. The molecule has 0 N–H and O–H groups in total. The summed E-state index contributed by atoms with van der Waals surface area (Å²) in [5.74, 6) is -6.84. The van der Waals surface area contributed by atoms with E-state index >= 15 is 4.39 Å². The molecule has 0 fully saturated rings. The molecular weight excluding hydrogens is 603 g/mol. The summed E-state index contributed by atoms with van der Waals surface area (Å²) in [6.07, 6.45) is 1.62. The van der Waals surface area contributed by atoms with Crippen molar-refractivity contribution in [1.29, 1.82) is 0 Å². The van der Waals surface area contributed by atoms with E-state index in [-0.39, 0.29) is 23.3 Å². The van der Waals surface area contributed by atoms with Gasteiger partial charge in [-0.05, 0) is 43.2 Å². The fourth-order valence-electron chi connectivity index (χ4n) is 4.17. The van der Waals surface area contributed by atoms with E-state index in [9.17, 15) is 30.4 Å². The lowest BCUT2D eigenvalue weighted by Gasteiger charge is -2.20. The number of carbonyl (C=O) groups excluding carboxylic acids is 1. The standard InChI is InChI=1S/C27H23ClF3N3O5S2/c1-2-11-41(38,39)12-3-10-34(40(36)37)23-14-19(29)25(30)24(26(23)31)27(35)17-6-9-20-21(13-17)33-22(15-32-20)16-4-7-18(28)8-5-16/h4-9,13-15,40H,2-3,10-12H2,1H3. The molecule has 0 radical (unpaired) electrons. The Morgan fingerprint density at radius 1 is 0.976 bits per heavy atom. The molecule has 3 aromatic carbocycles. The number of hydrogen-bond donors (Lipinski definition) is 1. The van der Waals surface area contributed by atoms with Crippen molar-refractivity contribution in [3.63, 3.8) is 0 Å². The molecule has 1 heterocycles. The van der Waals surface area contributed by atoms with Gasteiger partial charge in [0.1, 0.15) is 9.84 Å². The van der Waals surface area contributed by atoms with Crippen LogP contribution in [0.25, 0.3) is 22.3 Å². The number of thiol groups is 1. The lowest BCUT2D eigenvalue weighted by Crippen LogP contribution is -2.27. The number of hydrogen-bond acceptors (Lipinski definition) is 7. The van der Waals surface area contributed by atoms with Crippen molar-refractivity contribution in [2.75, 3.05) is 22.4 Å². The van der Waals surface area contributed by atoms with Crippen LogP contribution in [0.4, 0.5) is 18.9 Å². The third kappa shape index (κ3) is 6.85. The summed E-state index contributed by atoms with van der Waals surface area (Å²) in [5.41, 5.74) is -0.797. The van der Waals surface area contributed by atoms with Gasteiger partial charge in [-0.3, -0.25) is 14.1 Å². The molecule has 0 aliphatic carbocycles. The van der Waals surface area contributed by atoms with Crippen LogP contribution < -0.4 is 4.31 Å². The van der Waals surface area contributed by atoms with Gasteiger partial charge in [-0.25, -0.2) is 35.0 Å². The van der Waals surface area contributed by atoms with E-state index < -0.39 is 67.5 Å². The average Bonchev–Trinajstić information content (AvgIpc) is 2.93. The number of benzene rings is 3. The summed E-state index contributed by atoms with van der Waals surface area (Å²) in [7, 11) is -7.08. The zero-order chi connectivity index (χ0) is 29.9. The van der Waals surface area contributed by atoms with Crippen molar-refractivity contribution in [3.8, 4) is 11.3 Å². The van der Waals surface area contributed by atoms with Crippen LogP contribution in [-0.2, 0) is 20.7 Å². The van der Waals surface area contributed by atoms with E-state index in [0.717, 1.165) is 0 Å². The van der Waals surface area contributed by atoms with Gasteiger partial charge in [-0.15, -0.1) is 0 Å². The second-order valence-corrected chi connectivity index (χ2v) is 12.7. The van der Waals surface area contributed by atoms with Crippen LogP contribution in [0.3, 0.4) is 0 Å². The van der Waals surface area contributed by atoms with Crippen molar-refractivity contribution in [2.24, 2.45) is 0 Å². The van der Waals surface area contributed by atoms with Crippen LogP contribution in [0.15, 0.2) is 54.7 Å². The fraction of sp³-hybridized carbons (Fsp3) is 0.222. The number of sulfone groups is 1. The van der Waals surface area contributed by atoms with Crippen LogP contribution in [0, 0.1) is 17.5 Å². The molecule has 41 heavy (non-hydrogen) atoms. The molecule has 8 nitrogen and oxygen atoms in total. The number of fused-ring (bicyclic) bond motifs is 1. The first-order chi connectivity index (χ1) is 19.4. The molecule has 4 rings (SSSR count). The van der Waals surface area contributed by atoms with Crippen LogP contribution in [0.5, 0.6) is 0 Å². The Morgan fingerprint density at radius 3 is 2.34 bits per heavy atom. The second-order valence-electron chi connectivity index (χ2n) is 9.04. The summed E-state index contributed by atoms with van der Waals surface area (Å²) in [6, 6.07) is 10.9. The highest BCUT2D eigenvalue weighted by Gasteiger charge is 2.29. The maximum Gasteiger partial charge on any atom is 0.225 e. The van der Waals surface area contributed by atoms with Gasteiger partial charge in [0.05, 0.1) is 39.9 Å². The molecular formula is C27H23ClF3N3O5S2. The highest BCUT2D eigenvalue weighted by atomic mass is 35.5. The molecule has 0 atom stereocenters. The Balaban J connectivity index is 1.71. The predicted octanol–water partition coefficient (Wildman–Crippen LogP) is 5.15. The predicted molar refractivity (Wildman–Crippen MR) is 151 cm³/mol. The highest BCUT2D eigenvalue weighted by Crippen LogP contribution is 2.30. The summed E-state index contributed by atoms with van der Waals surface area (Å²) in [5, 5.41) is 0.510. The minimum Gasteiger partial charge on any atom is -0.288 e. The molecule has 0 unspecified atom stereocenters. The number of nitrogens with zero attached hydrogens (tertiary/aromatic N) is 3. The van der Waals surface area contributed by atoms with E-state index in [1.54, 1.807) is 31.2 Å². The molecule has 0 aliphatic heterocycles. The van der Waals surface area contributed by atoms with Crippen molar-refractivity contribution < 1.29 is 34.8 Å². The zero-order valence-corrected chi connectivity index (χ0v) is 23.9. The van der Waals surface area contributed by atoms with Crippen molar-refractivity contribution in [2.45, 2.75) is 19.8 Å². The molecule has 0 aliphatic rings. The Morgan fingerprint density at radius 2 is 1.68 bits per heavy atom. The number of aromatic nitrogens is 2. The summed E-state index contributed by atoms with van der Waals surface area (Å²) in [6.45, 7) is 1.13. The Hall–Kier alpha value is -3.55. The lowest BCUT2D eigenvalue weighted by molar-refractivity contribution is 0.103. The van der Waals surface area contributed by atoms with Crippen molar-refractivity contribution in [1.82, 2.24) is 9.97 Å². The summed E-state index contributed by atoms with van der Waals surface area (Å²) in [4.78, 5) is 22.0. The van der Waals surface area contributed by atoms with Gasteiger partial charge in [0.15, 0.2) is 23.2 Å². The van der Waals surface area contributed by atoms with Crippen molar-refractivity contribution in [3.05, 3.63) is 88.3 Å². The highest BCUT2D eigenvalue weighted by molar-refractivity contribution is 7.91. The van der Waals surface area contributed by atoms with E-state index in [1.807, 2.05) is 0 Å². The molecule has 0 bridgehead atoms. The maximum atomic E-state index is 15.6. The SMILES string of the molecule is CCCS(=O)(=O)CCCN(c1cc(F)c(F)c(C(=O)c2ccc3ncc(-c4ccc(Cl)cc4)nc3c2)c1F)[SH](=O)=O. The van der Waals surface area contributed by atoms with Gasteiger partial charge >= 0.3 is 0 Å². The number of ketones is 1. The first kappa shape index (κ1) is 30.4. The monoisotopic (exact) mass is 625 g/mol. The van der Waals surface area contributed by atoms with Gasteiger partial charge in [0.2, 0.25) is 10.9 Å². The van der Waals surface area contributed by atoms with Crippen molar-refractivity contribution >= 4 is 54.8 Å². The third-order valence-corrected chi connectivity index (χ3v) is 9.13. The smallest absolute Gasteiger partial charge is 0.225 e. The minimum absolute atomic E-state index is 0.119. The van der Waals surface area contributed by atoms with Gasteiger partial charge in [-0.2, -0.15) is 0 Å². The van der Waals surface area contributed by atoms with Crippen LogP contribution in [-0.4, -0.2) is 50.6 Å². The van der Waals surface area contributed by atoms with E-state index in [2.05, 4.69) is 9.97 Å². The van der Waals surface area contributed by atoms with Gasteiger partial charge in [-0.1, -0.05) is 30.7 Å². The zero-order valence-electron chi connectivity index (χ0n) is 21.5. The number of halogens is 4. The maximum absolute atomic E-state index is 15.6. The molecule has 216 valence electrons. The van der Waals surface area contributed by atoms with E-state index in [4.69, 9.17) is 11.6 Å². The molecule has 14 heteroatoms.